The molecule has 6 nitrogen and oxygen atoms in total. The molecule has 0 atom stereocenters. The maximum Gasteiger partial charge on any atom is 0.272 e. The Hall–Kier alpha value is -3.00. The Morgan fingerprint density at radius 3 is 2.71 bits per heavy atom. The molecule has 1 amide bonds. The molecule has 1 aliphatic heterocycles. The SMILES string of the molecule is C/C=C\C(=C/c1ncc(-c2cc(C)c(C(=O)NC3CC3)c(OCC(F)F)c2)[nH]1)C1CCNCC1. The number of hydrogen-bond donors (Lipinski definition) is 3. The second-order valence-corrected chi connectivity index (χ2v) is 8.97. The van der Waals surface area contributed by atoms with Gasteiger partial charge in [-0.15, -0.1) is 0 Å². The minimum Gasteiger partial charge on any atom is -0.487 e. The van der Waals surface area contributed by atoms with Gasteiger partial charge in [0.15, 0.2) is 0 Å². The first kappa shape index (κ1) is 24.1. The number of alkyl halides is 2. The average molecular weight is 471 g/mol. The van der Waals surface area contributed by atoms with Crippen molar-refractivity contribution in [2.75, 3.05) is 19.7 Å². The van der Waals surface area contributed by atoms with Crippen LogP contribution in [0.3, 0.4) is 0 Å². The first-order valence-corrected chi connectivity index (χ1v) is 11.9. The molecule has 2 aliphatic rings. The second-order valence-electron chi connectivity index (χ2n) is 8.97. The van der Waals surface area contributed by atoms with E-state index in [1.165, 1.54) is 5.57 Å². The highest BCUT2D eigenvalue weighted by molar-refractivity contribution is 5.99. The van der Waals surface area contributed by atoms with Gasteiger partial charge >= 0.3 is 0 Å². The number of benzene rings is 1. The number of piperidine rings is 1. The molecule has 182 valence electrons. The van der Waals surface area contributed by atoms with Gasteiger partial charge in [0.2, 0.25) is 0 Å². The van der Waals surface area contributed by atoms with E-state index in [9.17, 15) is 13.6 Å². The molecule has 1 aliphatic carbocycles. The zero-order valence-electron chi connectivity index (χ0n) is 19.7. The van der Waals surface area contributed by atoms with Crippen molar-refractivity contribution in [3.8, 4) is 17.0 Å². The topological polar surface area (TPSA) is 79.0 Å². The summed E-state index contributed by atoms with van der Waals surface area (Å²) in [5.41, 5.74) is 3.66. The van der Waals surface area contributed by atoms with Crippen molar-refractivity contribution in [3.05, 3.63) is 53.0 Å². The predicted octanol–water partition coefficient (Wildman–Crippen LogP) is 4.88. The minimum absolute atomic E-state index is 0.155. The lowest BCUT2D eigenvalue weighted by atomic mass is 9.89. The Kier molecular flexibility index (Phi) is 7.77. The number of nitrogens with zero attached hydrogens (tertiary/aromatic N) is 1. The standard InChI is InChI=1S/C26H32F2N4O2/c1-3-4-18(17-7-9-29-10-8-17)13-24-30-14-21(32-24)19-11-16(2)25(26(33)31-20-5-6-20)22(12-19)34-15-23(27)28/h3-4,11-14,17,20,23,29H,5-10,15H2,1-2H3,(H,30,32)(H,31,33)/b4-3-,18-13+. The van der Waals surface area contributed by atoms with Gasteiger partial charge in [-0.1, -0.05) is 12.2 Å². The van der Waals surface area contributed by atoms with Crippen LogP contribution in [0.5, 0.6) is 5.75 Å². The van der Waals surface area contributed by atoms with Crippen LogP contribution in [0.15, 0.2) is 36.1 Å². The van der Waals surface area contributed by atoms with E-state index in [2.05, 4.69) is 32.8 Å². The maximum absolute atomic E-state index is 12.9. The van der Waals surface area contributed by atoms with Crippen molar-refractivity contribution in [2.45, 2.75) is 52.0 Å². The van der Waals surface area contributed by atoms with Crippen molar-refractivity contribution in [1.29, 1.82) is 0 Å². The number of allylic oxidation sites excluding steroid dienone is 3. The number of imidazole rings is 1. The molecule has 0 radical (unpaired) electrons. The Balaban J connectivity index is 1.62. The monoisotopic (exact) mass is 470 g/mol. The van der Waals surface area contributed by atoms with Crippen LogP contribution in [0, 0.1) is 12.8 Å². The fraction of sp³-hybridized carbons (Fsp3) is 0.462. The quantitative estimate of drug-likeness (QED) is 0.457. The van der Waals surface area contributed by atoms with Crippen molar-refractivity contribution in [2.24, 2.45) is 5.92 Å². The smallest absolute Gasteiger partial charge is 0.272 e. The van der Waals surface area contributed by atoms with Gasteiger partial charge in [0.25, 0.3) is 12.3 Å². The molecule has 1 aromatic heterocycles. The zero-order chi connectivity index (χ0) is 24.1. The number of aryl methyl sites for hydroxylation is 1. The van der Waals surface area contributed by atoms with Crippen LogP contribution in [-0.4, -0.2) is 48.0 Å². The van der Waals surface area contributed by atoms with Gasteiger partial charge < -0.3 is 20.4 Å². The van der Waals surface area contributed by atoms with Crippen molar-refractivity contribution < 1.29 is 18.3 Å². The second kappa shape index (κ2) is 11.0. The molecule has 3 N–H and O–H groups in total. The number of nitrogens with one attached hydrogen (secondary N) is 3. The summed E-state index contributed by atoms with van der Waals surface area (Å²) in [7, 11) is 0. The molecule has 4 rings (SSSR count). The number of H-pyrrole nitrogens is 1. The zero-order valence-corrected chi connectivity index (χ0v) is 19.7. The van der Waals surface area contributed by atoms with Crippen LogP contribution in [-0.2, 0) is 0 Å². The third-order valence-corrected chi connectivity index (χ3v) is 6.18. The van der Waals surface area contributed by atoms with E-state index in [1.54, 1.807) is 19.2 Å². The number of ether oxygens (including phenoxy) is 1. The van der Waals surface area contributed by atoms with Gasteiger partial charge in [0, 0.05) is 11.6 Å². The average Bonchev–Trinajstić information content (AvgIpc) is 3.51. The van der Waals surface area contributed by atoms with Crippen LogP contribution in [0.1, 0.15) is 54.4 Å². The van der Waals surface area contributed by atoms with E-state index in [0.717, 1.165) is 55.9 Å². The molecule has 0 bridgehead atoms. The van der Waals surface area contributed by atoms with E-state index in [4.69, 9.17) is 4.74 Å². The van der Waals surface area contributed by atoms with Crippen LogP contribution >= 0.6 is 0 Å². The highest BCUT2D eigenvalue weighted by Crippen LogP contribution is 2.32. The van der Waals surface area contributed by atoms with Gasteiger partial charge in [0.1, 0.15) is 18.2 Å². The molecule has 2 heterocycles. The summed E-state index contributed by atoms with van der Waals surface area (Å²) in [6, 6.07) is 3.65. The molecular weight excluding hydrogens is 438 g/mol. The molecule has 2 aromatic rings. The van der Waals surface area contributed by atoms with Gasteiger partial charge in [0.05, 0.1) is 17.5 Å². The van der Waals surface area contributed by atoms with E-state index in [1.807, 2.05) is 19.1 Å². The molecule has 1 aromatic carbocycles. The molecule has 1 saturated carbocycles. The van der Waals surface area contributed by atoms with E-state index in [-0.39, 0.29) is 17.7 Å². The van der Waals surface area contributed by atoms with Gasteiger partial charge in [-0.3, -0.25) is 4.79 Å². The third kappa shape index (κ3) is 6.11. The fourth-order valence-corrected chi connectivity index (χ4v) is 4.32. The molecule has 2 fully saturated rings. The summed E-state index contributed by atoms with van der Waals surface area (Å²) in [5.74, 6) is 1.07. The lowest BCUT2D eigenvalue weighted by Gasteiger charge is -2.23. The summed E-state index contributed by atoms with van der Waals surface area (Å²) in [5, 5.41) is 6.31. The van der Waals surface area contributed by atoms with Crippen LogP contribution in [0.2, 0.25) is 0 Å². The fourth-order valence-electron chi connectivity index (χ4n) is 4.32. The lowest BCUT2D eigenvalue weighted by molar-refractivity contribution is 0.0794. The molecule has 34 heavy (non-hydrogen) atoms. The Labute approximate surface area is 198 Å². The number of carbonyl (C=O) groups excluding carboxylic acids is 1. The minimum atomic E-state index is -2.63. The van der Waals surface area contributed by atoms with E-state index in [0.29, 0.717) is 17.0 Å². The first-order valence-electron chi connectivity index (χ1n) is 11.9. The van der Waals surface area contributed by atoms with Crippen molar-refractivity contribution >= 4 is 12.0 Å². The van der Waals surface area contributed by atoms with Crippen molar-refractivity contribution in [1.82, 2.24) is 20.6 Å². The Morgan fingerprint density at radius 1 is 1.26 bits per heavy atom. The number of aromatic nitrogens is 2. The van der Waals surface area contributed by atoms with Crippen LogP contribution in [0.25, 0.3) is 17.3 Å². The number of rotatable bonds is 9. The highest BCUT2D eigenvalue weighted by atomic mass is 19.3. The number of amides is 1. The van der Waals surface area contributed by atoms with Gasteiger partial charge in [-0.05, 0) is 87.9 Å². The number of aromatic amines is 1. The summed E-state index contributed by atoms with van der Waals surface area (Å²) < 4.78 is 31.1. The third-order valence-electron chi connectivity index (χ3n) is 6.18. The van der Waals surface area contributed by atoms with Crippen LogP contribution < -0.4 is 15.4 Å². The highest BCUT2D eigenvalue weighted by Gasteiger charge is 2.27. The largest absolute Gasteiger partial charge is 0.487 e. The molecule has 0 unspecified atom stereocenters. The molecule has 0 spiro atoms. The van der Waals surface area contributed by atoms with Gasteiger partial charge in [-0.25, -0.2) is 13.8 Å². The number of halogens is 2. The van der Waals surface area contributed by atoms with E-state index < -0.39 is 13.0 Å². The summed E-state index contributed by atoms with van der Waals surface area (Å²) in [4.78, 5) is 20.6. The summed E-state index contributed by atoms with van der Waals surface area (Å²) >= 11 is 0. The predicted molar refractivity (Wildman–Crippen MR) is 129 cm³/mol. The molecule has 8 heteroatoms. The van der Waals surface area contributed by atoms with Crippen LogP contribution in [0.4, 0.5) is 8.78 Å². The molecular formula is C26H32F2N4O2. The normalized spacial score (nSPS) is 17.5. The lowest BCUT2D eigenvalue weighted by Crippen LogP contribution is -2.28. The first-order chi connectivity index (χ1) is 16.4. The summed E-state index contributed by atoms with van der Waals surface area (Å²) in [6.45, 7) is 5.03. The van der Waals surface area contributed by atoms with Gasteiger partial charge in [-0.2, -0.15) is 0 Å². The molecule has 1 saturated heterocycles. The Bertz CT molecular complexity index is 1070. The maximum atomic E-state index is 12.9. The van der Waals surface area contributed by atoms with E-state index >= 15 is 0 Å². The number of hydrogen-bond acceptors (Lipinski definition) is 4. The van der Waals surface area contributed by atoms with Crippen molar-refractivity contribution in [3.63, 3.8) is 0 Å². The summed E-state index contributed by atoms with van der Waals surface area (Å²) in [6.07, 6.45) is 9.36. The number of carbonyl (C=O) groups is 1. The Morgan fingerprint density at radius 2 is 2.03 bits per heavy atom.